The first-order chi connectivity index (χ1) is 15.0. The van der Waals surface area contributed by atoms with Gasteiger partial charge >= 0.3 is 12.1 Å². The number of carbonyl (C=O) groups is 3. The Morgan fingerprint density at radius 2 is 1.69 bits per heavy atom. The molecule has 0 aliphatic carbocycles. The van der Waals surface area contributed by atoms with Gasteiger partial charge in [-0.3, -0.25) is 9.59 Å². The van der Waals surface area contributed by atoms with Gasteiger partial charge in [-0.15, -0.1) is 0 Å². The van der Waals surface area contributed by atoms with E-state index in [0.29, 0.717) is 37.5 Å². The van der Waals surface area contributed by atoms with Crippen LogP contribution in [0, 0.1) is 0 Å². The van der Waals surface area contributed by atoms with E-state index in [0.717, 1.165) is 0 Å². The number of ether oxygens (including phenoxy) is 4. The molecular formula is C23H34N2O7. The zero-order valence-corrected chi connectivity index (χ0v) is 19.7. The molecule has 1 aliphatic heterocycles. The maximum Gasteiger partial charge on any atom is 0.410 e. The maximum absolute atomic E-state index is 13.0. The fraction of sp³-hybridized carbons (Fsp3) is 0.609. The van der Waals surface area contributed by atoms with Crippen LogP contribution in [0.2, 0.25) is 0 Å². The molecule has 9 heteroatoms. The van der Waals surface area contributed by atoms with E-state index in [1.165, 1.54) is 6.92 Å². The summed E-state index contributed by atoms with van der Waals surface area (Å²) in [4.78, 5) is 38.3. The number of amides is 2. The van der Waals surface area contributed by atoms with Gasteiger partial charge in [0.15, 0.2) is 5.79 Å². The van der Waals surface area contributed by atoms with Crippen LogP contribution in [0.25, 0.3) is 0 Å². The molecule has 2 amide bonds. The molecular weight excluding hydrogens is 416 g/mol. The summed E-state index contributed by atoms with van der Waals surface area (Å²) in [6, 6.07) is 5.59. The van der Waals surface area contributed by atoms with Crippen molar-refractivity contribution in [2.45, 2.75) is 65.4 Å². The highest BCUT2D eigenvalue weighted by atomic mass is 16.7. The number of nitrogens with one attached hydrogen (secondary N) is 1. The largest absolute Gasteiger partial charge is 0.444 e. The number of piperidine rings is 1. The Balaban J connectivity index is 2.22. The van der Waals surface area contributed by atoms with Crippen LogP contribution in [0.3, 0.4) is 0 Å². The zero-order chi connectivity index (χ0) is 23.9. The van der Waals surface area contributed by atoms with Crippen molar-refractivity contribution in [3.63, 3.8) is 0 Å². The average Bonchev–Trinajstić information content (AvgIpc) is 2.68. The predicted octanol–water partition coefficient (Wildman–Crippen LogP) is 3.12. The topological polar surface area (TPSA) is 103 Å². The van der Waals surface area contributed by atoms with Gasteiger partial charge in [0.05, 0.1) is 0 Å². The summed E-state index contributed by atoms with van der Waals surface area (Å²) in [5, 5.41) is 2.96. The molecule has 32 heavy (non-hydrogen) atoms. The maximum atomic E-state index is 13.0. The third-order valence-corrected chi connectivity index (χ3v) is 4.78. The van der Waals surface area contributed by atoms with Gasteiger partial charge in [-0.05, 0) is 58.9 Å². The van der Waals surface area contributed by atoms with Gasteiger partial charge in [0.25, 0.3) is 5.91 Å². The molecule has 0 bridgehead atoms. The Kier molecular flexibility index (Phi) is 8.63. The molecule has 2 rings (SSSR count). The van der Waals surface area contributed by atoms with Crippen LogP contribution in [-0.4, -0.2) is 66.6 Å². The normalized spacial score (nSPS) is 18.1. The van der Waals surface area contributed by atoms with Crippen LogP contribution < -0.4 is 10.1 Å². The number of hydrogen-bond acceptors (Lipinski definition) is 7. The smallest absolute Gasteiger partial charge is 0.410 e. The van der Waals surface area contributed by atoms with Gasteiger partial charge in [-0.2, -0.15) is 0 Å². The van der Waals surface area contributed by atoms with E-state index in [9.17, 15) is 14.4 Å². The number of likely N-dealkylation sites (tertiary alicyclic amines) is 1. The second-order valence-corrected chi connectivity index (χ2v) is 8.50. The van der Waals surface area contributed by atoms with Gasteiger partial charge in [-0.25, -0.2) is 4.79 Å². The van der Waals surface area contributed by atoms with E-state index in [-0.39, 0.29) is 12.5 Å². The molecule has 1 aliphatic rings. The van der Waals surface area contributed by atoms with E-state index >= 15 is 0 Å². The molecule has 1 fully saturated rings. The van der Waals surface area contributed by atoms with E-state index in [1.54, 1.807) is 49.9 Å². The summed E-state index contributed by atoms with van der Waals surface area (Å²) < 4.78 is 22.5. The molecule has 1 aromatic rings. The Morgan fingerprint density at radius 3 is 2.19 bits per heavy atom. The highest BCUT2D eigenvalue weighted by Crippen LogP contribution is 2.30. The van der Waals surface area contributed by atoms with Crippen molar-refractivity contribution in [1.29, 1.82) is 0 Å². The average molecular weight is 451 g/mol. The summed E-state index contributed by atoms with van der Waals surface area (Å²) in [6.07, 6.45) is -0.0753. The van der Waals surface area contributed by atoms with Crippen molar-refractivity contribution in [2.24, 2.45) is 0 Å². The molecule has 1 atom stereocenters. The van der Waals surface area contributed by atoms with Gasteiger partial charge in [0, 0.05) is 45.2 Å². The lowest BCUT2D eigenvalue weighted by Gasteiger charge is -2.46. The van der Waals surface area contributed by atoms with Crippen LogP contribution in [0.5, 0.6) is 5.75 Å². The van der Waals surface area contributed by atoms with Gasteiger partial charge in [-0.1, -0.05) is 0 Å². The van der Waals surface area contributed by atoms with Crippen molar-refractivity contribution < 1.29 is 33.3 Å². The molecule has 1 heterocycles. The molecule has 0 unspecified atom stereocenters. The molecule has 0 saturated carbocycles. The van der Waals surface area contributed by atoms with Crippen LogP contribution in [0.1, 0.15) is 58.3 Å². The van der Waals surface area contributed by atoms with E-state index < -0.39 is 29.5 Å². The van der Waals surface area contributed by atoms with Gasteiger partial charge in [0.1, 0.15) is 17.4 Å². The summed E-state index contributed by atoms with van der Waals surface area (Å²) in [5.41, 5.74) is -0.259. The van der Waals surface area contributed by atoms with E-state index in [2.05, 4.69) is 5.32 Å². The van der Waals surface area contributed by atoms with Crippen LogP contribution in [0.15, 0.2) is 24.3 Å². The van der Waals surface area contributed by atoms with Crippen LogP contribution >= 0.6 is 0 Å². The molecule has 0 radical (unpaired) electrons. The molecule has 1 aromatic carbocycles. The summed E-state index contributed by atoms with van der Waals surface area (Å²) in [7, 11) is 0. The third kappa shape index (κ3) is 6.93. The molecule has 178 valence electrons. The first-order valence-electron chi connectivity index (χ1n) is 10.8. The number of carbonyl (C=O) groups excluding carboxylic acids is 3. The number of hydrogen-bond donors (Lipinski definition) is 1. The standard InChI is InChI=1S/C23H34N2O7/c1-7-29-23(30-8-2)13-14-25(21(28)32-22(4,5)6)15-19(23)24-20(27)17-9-11-18(12-10-17)31-16(3)26/h9-12,19H,7-8,13-15H2,1-6H3,(H,24,27)/t19-/m0/s1. The molecule has 0 aromatic heterocycles. The van der Waals surface area contributed by atoms with Crippen molar-refractivity contribution in [3.8, 4) is 5.75 Å². The SMILES string of the molecule is CCOC1(OCC)CCN(C(=O)OC(C)(C)C)C[C@@H]1NC(=O)c1ccc(OC(C)=O)cc1. The third-order valence-electron chi connectivity index (χ3n) is 4.78. The summed E-state index contributed by atoms with van der Waals surface area (Å²) in [5.74, 6) is -1.51. The monoisotopic (exact) mass is 450 g/mol. The van der Waals surface area contributed by atoms with E-state index in [4.69, 9.17) is 18.9 Å². The minimum Gasteiger partial charge on any atom is -0.444 e. The first-order valence-corrected chi connectivity index (χ1v) is 10.8. The fourth-order valence-electron chi connectivity index (χ4n) is 3.52. The molecule has 9 nitrogen and oxygen atoms in total. The quantitative estimate of drug-likeness (QED) is 0.387. The lowest BCUT2D eigenvalue weighted by atomic mass is 9.96. The van der Waals surface area contributed by atoms with Crippen LogP contribution in [-0.2, 0) is 19.0 Å². The Morgan fingerprint density at radius 1 is 1.09 bits per heavy atom. The van der Waals surface area contributed by atoms with Gasteiger partial charge < -0.3 is 29.2 Å². The second kappa shape index (κ2) is 10.8. The molecule has 0 spiro atoms. The van der Waals surface area contributed by atoms with Crippen molar-refractivity contribution in [3.05, 3.63) is 29.8 Å². The summed E-state index contributed by atoms with van der Waals surface area (Å²) in [6.45, 7) is 11.7. The first kappa shape index (κ1) is 25.6. The second-order valence-electron chi connectivity index (χ2n) is 8.50. The number of esters is 1. The Hall–Kier alpha value is -2.65. The number of benzene rings is 1. The fourth-order valence-corrected chi connectivity index (χ4v) is 3.52. The minimum absolute atomic E-state index is 0.173. The van der Waals surface area contributed by atoms with E-state index in [1.807, 2.05) is 13.8 Å². The van der Waals surface area contributed by atoms with Crippen molar-refractivity contribution in [2.75, 3.05) is 26.3 Å². The zero-order valence-electron chi connectivity index (χ0n) is 19.7. The summed E-state index contributed by atoms with van der Waals surface area (Å²) >= 11 is 0. The lowest BCUT2D eigenvalue weighted by Crippen LogP contribution is -2.65. The van der Waals surface area contributed by atoms with Gasteiger partial charge in [0.2, 0.25) is 0 Å². The Bertz CT molecular complexity index is 796. The van der Waals surface area contributed by atoms with Crippen molar-refractivity contribution in [1.82, 2.24) is 10.2 Å². The minimum atomic E-state index is -1.06. The Labute approximate surface area is 189 Å². The van der Waals surface area contributed by atoms with Crippen molar-refractivity contribution >= 4 is 18.0 Å². The van der Waals surface area contributed by atoms with Crippen LogP contribution in [0.4, 0.5) is 4.79 Å². The molecule has 1 N–H and O–H groups in total. The molecule has 1 saturated heterocycles. The lowest BCUT2D eigenvalue weighted by molar-refractivity contribution is -0.264. The highest BCUT2D eigenvalue weighted by molar-refractivity contribution is 5.94. The number of rotatable bonds is 7. The predicted molar refractivity (Wildman–Crippen MR) is 117 cm³/mol. The highest BCUT2D eigenvalue weighted by Gasteiger charge is 2.47. The number of nitrogens with zero attached hydrogens (tertiary/aromatic N) is 1.